The number of benzene rings is 1. The van der Waals surface area contributed by atoms with E-state index in [-0.39, 0.29) is 11.8 Å². The van der Waals surface area contributed by atoms with Crippen LogP contribution in [0, 0.1) is 5.92 Å². The van der Waals surface area contributed by atoms with E-state index in [0.29, 0.717) is 16.0 Å². The first-order chi connectivity index (χ1) is 11.7. The van der Waals surface area contributed by atoms with Crippen molar-refractivity contribution in [2.45, 2.75) is 12.8 Å². The van der Waals surface area contributed by atoms with Crippen molar-refractivity contribution in [2.24, 2.45) is 5.92 Å². The van der Waals surface area contributed by atoms with E-state index in [9.17, 15) is 9.59 Å². The average Bonchev–Trinajstić information content (AvgIpc) is 2.62. The molecule has 2 aromatic rings. The summed E-state index contributed by atoms with van der Waals surface area (Å²) in [6, 6.07) is 13.0. The van der Waals surface area contributed by atoms with Crippen LogP contribution >= 0.6 is 15.9 Å². The number of hydrogen-bond donors (Lipinski definition) is 1. The second-order valence-corrected chi connectivity index (χ2v) is 6.62. The molecule has 1 aromatic carbocycles. The van der Waals surface area contributed by atoms with Crippen LogP contribution in [0.2, 0.25) is 0 Å². The monoisotopic (exact) mass is 387 g/mol. The van der Waals surface area contributed by atoms with Gasteiger partial charge >= 0.3 is 0 Å². The smallest absolute Gasteiger partial charge is 0.228 e. The SMILES string of the molecule is O=Cc1ccc(N2CCC(C(=O)Nc3cccc(Br)n3)CC2)cc1. The van der Waals surface area contributed by atoms with Gasteiger partial charge < -0.3 is 10.2 Å². The lowest BCUT2D eigenvalue weighted by Crippen LogP contribution is -2.38. The van der Waals surface area contributed by atoms with Crippen LogP contribution in [0.25, 0.3) is 0 Å². The minimum absolute atomic E-state index is 0.00344. The van der Waals surface area contributed by atoms with Crippen molar-refractivity contribution in [1.29, 1.82) is 0 Å². The van der Waals surface area contributed by atoms with Gasteiger partial charge in [-0.1, -0.05) is 6.07 Å². The zero-order chi connectivity index (χ0) is 16.9. The molecule has 0 aliphatic carbocycles. The highest BCUT2D eigenvalue weighted by atomic mass is 79.9. The predicted molar refractivity (Wildman–Crippen MR) is 97.3 cm³/mol. The number of anilines is 2. The highest BCUT2D eigenvalue weighted by Gasteiger charge is 2.25. The molecule has 0 atom stereocenters. The molecule has 1 N–H and O–H groups in total. The fourth-order valence-corrected chi connectivity index (χ4v) is 3.21. The first kappa shape index (κ1) is 16.6. The molecule has 1 aliphatic heterocycles. The van der Waals surface area contributed by atoms with Crippen LogP contribution in [0.15, 0.2) is 47.1 Å². The van der Waals surface area contributed by atoms with E-state index in [2.05, 4.69) is 31.1 Å². The van der Waals surface area contributed by atoms with E-state index in [0.717, 1.165) is 37.9 Å². The number of halogens is 1. The molecule has 24 heavy (non-hydrogen) atoms. The van der Waals surface area contributed by atoms with Crippen molar-refractivity contribution >= 4 is 39.6 Å². The third kappa shape index (κ3) is 4.00. The largest absolute Gasteiger partial charge is 0.371 e. The van der Waals surface area contributed by atoms with Crippen molar-refractivity contribution in [1.82, 2.24) is 4.98 Å². The van der Waals surface area contributed by atoms with E-state index < -0.39 is 0 Å². The molecule has 0 saturated carbocycles. The Labute approximate surface area is 149 Å². The average molecular weight is 388 g/mol. The second-order valence-electron chi connectivity index (χ2n) is 5.81. The molecular formula is C18H18BrN3O2. The first-order valence-corrected chi connectivity index (χ1v) is 8.68. The molecule has 1 amide bonds. The quantitative estimate of drug-likeness (QED) is 0.643. The van der Waals surface area contributed by atoms with E-state index >= 15 is 0 Å². The number of pyridine rings is 1. The van der Waals surface area contributed by atoms with Crippen LogP contribution in [0.1, 0.15) is 23.2 Å². The zero-order valence-electron chi connectivity index (χ0n) is 13.1. The lowest BCUT2D eigenvalue weighted by molar-refractivity contribution is -0.120. The molecule has 5 nitrogen and oxygen atoms in total. The maximum atomic E-state index is 12.4. The van der Waals surface area contributed by atoms with Gasteiger partial charge in [-0.25, -0.2) is 4.98 Å². The highest BCUT2D eigenvalue weighted by Crippen LogP contribution is 2.24. The van der Waals surface area contributed by atoms with Crippen LogP contribution in [-0.2, 0) is 4.79 Å². The number of nitrogens with zero attached hydrogens (tertiary/aromatic N) is 2. The Kier molecular flexibility index (Phi) is 5.25. The third-order valence-electron chi connectivity index (χ3n) is 4.23. The number of carbonyl (C=O) groups excluding carboxylic acids is 2. The topological polar surface area (TPSA) is 62.3 Å². The van der Waals surface area contributed by atoms with Crippen LogP contribution in [0.4, 0.5) is 11.5 Å². The molecule has 2 heterocycles. The van der Waals surface area contributed by atoms with E-state index in [1.165, 1.54) is 0 Å². The molecule has 0 unspecified atom stereocenters. The van der Waals surface area contributed by atoms with Crippen LogP contribution < -0.4 is 10.2 Å². The molecule has 1 aliphatic rings. The van der Waals surface area contributed by atoms with Gasteiger partial charge in [0, 0.05) is 30.3 Å². The van der Waals surface area contributed by atoms with Crippen LogP contribution in [-0.4, -0.2) is 30.3 Å². The minimum Gasteiger partial charge on any atom is -0.371 e. The van der Waals surface area contributed by atoms with Gasteiger partial charge in [0.1, 0.15) is 16.7 Å². The molecule has 1 saturated heterocycles. The molecule has 1 aromatic heterocycles. The Hall–Kier alpha value is -2.21. The summed E-state index contributed by atoms with van der Waals surface area (Å²) in [7, 11) is 0. The summed E-state index contributed by atoms with van der Waals surface area (Å²) in [5, 5.41) is 2.88. The summed E-state index contributed by atoms with van der Waals surface area (Å²) in [5.41, 5.74) is 1.77. The molecular weight excluding hydrogens is 370 g/mol. The highest BCUT2D eigenvalue weighted by molar-refractivity contribution is 9.10. The number of hydrogen-bond acceptors (Lipinski definition) is 4. The molecule has 124 valence electrons. The van der Waals surface area contributed by atoms with Gasteiger partial charge in [-0.15, -0.1) is 0 Å². The summed E-state index contributed by atoms with van der Waals surface area (Å²) in [6.45, 7) is 1.65. The fraction of sp³-hybridized carbons (Fsp3) is 0.278. The van der Waals surface area contributed by atoms with Crippen LogP contribution in [0.5, 0.6) is 0 Å². The molecule has 1 fully saturated rings. The van der Waals surface area contributed by atoms with Gasteiger partial charge in [0.25, 0.3) is 0 Å². The first-order valence-electron chi connectivity index (χ1n) is 7.89. The van der Waals surface area contributed by atoms with Crippen molar-refractivity contribution in [3.05, 3.63) is 52.6 Å². The molecule has 0 radical (unpaired) electrons. The summed E-state index contributed by atoms with van der Waals surface area (Å²) < 4.78 is 0.703. The van der Waals surface area contributed by atoms with Crippen molar-refractivity contribution in [3.8, 4) is 0 Å². The van der Waals surface area contributed by atoms with Crippen molar-refractivity contribution < 1.29 is 9.59 Å². The third-order valence-corrected chi connectivity index (χ3v) is 4.67. The summed E-state index contributed by atoms with van der Waals surface area (Å²) in [6.07, 6.45) is 2.45. The molecule has 0 spiro atoms. The fourth-order valence-electron chi connectivity index (χ4n) is 2.87. The number of carbonyl (C=O) groups is 2. The Balaban J connectivity index is 1.56. The standard InChI is InChI=1S/C18H18BrN3O2/c19-16-2-1-3-17(20-16)21-18(24)14-8-10-22(11-9-14)15-6-4-13(12-23)5-7-15/h1-7,12,14H,8-11H2,(H,20,21,24). The Morgan fingerprint density at radius 1 is 1.17 bits per heavy atom. The van der Waals surface area contributed by atoms with E-state index in [1.807, 2.05) is 36.4 Å². The van der Waals surface area contributed by atoms with Gasteiger partial charge in [-0.3, -0.25) is 9.59 Å². The summed E-state index contributed by atoms with van der Waals surface area (Å²) in [5.74, 6) is 0.592. The Bertz CT molecular complexity index is 725. The predicted octanol–water partition coefficient (Wildman–Crippen LogP) is 3.51. The minimum atomic E-state index is -0.00344. The Morgan fingerprint density at radius 3 is 2.50 bits per heavy atom. The van der Waals surface area contributed by atoms with E-state index in [1.54, 1.807) is 6.07 Å². The maximum Gasteiger partial charge on any atom is 0.228 e. The second kappa shape index (κ2) is 7.57. The lowest BCUT2D eigenvalue weighted by atomic mass is 9.95. The number of nitrogens with one attached hydrogen (secondary N) is 1. The van der Waals surface area contributed by atoms with E-state index in [4.69, 9.17) is 0 Å². The summed E-state index contributed by atoms with van der Waals surface area (Å²) in [4.78, 5) is 29.6. The van der Waals surface area contributed by atoms with Crippen molar-refractivity contribution in [2.75, 3.05) is 23.3 Å². The maximum absolute atomic E-state index is 12.4. The number of aldehydes is 1. The number of piperidine rings is 1. The normalized spacial score (nSPS) is 15.1. The van der Waals surface area contributed by atoms with Gasteiger partial charge in [0.15, 0.2) is 0 Å². The number of amides is 1. The number of rotatable bonds is 4. The lowest BCUT2D eigenvalue weighted by Gasteiger charge is -2.33. The molecule has 6 heteroatoms. The van der Waals surface area contributed by atoms with Crippen molar-refractivity contribution in [3.63, 3.8) is 0 Å². The number of aromatic nitrogens is 1. The van der Waals surface area contributed by atoms with Gasteiger partial charge in [-0.05, 0) is 65.2 Å². The zero-order valence-corrected chi connectivity index (χ0v) is 14.7. The van der Waals surface area contributed by atoms with Crippen LogP contribution in [0.3, 0.4) is 0 Å². The molecule has 0 bridgehead atoms. The van der Waals surface area contributed by atoms with Gasteiger partial charge in [-0.2, -0.15) is 0 Å². The van der Waals surface area contributed by atoms with Gasteiger partial charge in [0.2, 0.25) is 5.91 Å². The summed E-state index contributed by atoms with van der Waals surface area (Å²) >= 11 is 3.30. The van der Waals surface area contributed by atoms with Gasteiger partial charge in [0.05, 0.1) is 0 Å². The molecule has 3 rings (SSSR count). The Morgan fingerprint density at radius 2 is 1.88 bits per heavy atom.